The second kappa shape index (κ2) is 12.1. The van der Waals surface area contributed by atoms with Crippen molar-refractivity contribution in [3.8, 4) is 17.2 Å². The second-order valence-electron chi connectivity index (χ2n) is 7.56. The van der Waals surface area contributed by atoms with Crippen LogP contribution in [0.5, 0.6) is 17.2 Å². The van der Waals surface area contributed by atoms with Crippen molar-refractivity contribution in [2.75, 3.05) is 38.1 Å². The monoisotopic (exact) mass is 455 g/mol. The van der Waals surface area contributed by atoms with Crippen molar-refractivity contribution < 1.29 is 19.3 Å². The van der Waals surface area contributed by atoms with Gasteiger partial charge in [0.1, 0.15) is 28.3 Å². The third-order valence-corrected chi connectivity index (χ3v) is 5.22. The largest absolute Gasteiger partial charge is 0.497 e. The lowest BCUT2D eigenvalue weighted by molar-refractivity contribution is 0.267. The highest BCUT2D eigenvalue weighted by Gasteiger charge is 2.15. The van der Waals surface area contributed by atoms with Gasteiger partial charge >= 0.3 is 0 Å². The van der Waals surface area contributed by atoms with Crippen LogP contribution < -0.4 is 24.8 Å². The lowest BCUT2D eigenvalue weighted by Gasteiger charge is -2.18. The topological polar surface area (TPSA) is 111 Å². The van der Waals surface area contributed by atoms with Crippen molar-refractivity contribution in [2.45, 2.75) is 45.7 Å². The summed E-state index contributed by atoms with van der Waals surface area (Å²) in [7, 11) is 3.24. The van der Waals surface area contributed by atoms with Crippen molar-refractivity contribution in [2.24, 2.45) is 0 Å². The summed E-state index contributed by atoms with van der Waals surface area (Å²) >= 11 is 0. The molecular formula is C24H33N5O4. The fraction of sp³-hybridized carbons (Fsp3) is 0.458. The molecule has 178 valence electrons. The van der Waals surface area contributed by atoms with Gasteiger partial charge in [-0.1, -0.05) is 19.8 Å². The zero-order valence-electron chi connectivity index (χ0n) is 19.7. The molecule has 1 unspecified atom stereocenters. The van der Waals surface area contributed by atoms with Gasteiger partial charge in [0.2, 0.25) is 5.95 Å². The number of hydrogen-bond donors (Lipinski definition) is 3. The third kappa shape index (κ3) is 6.35. The first-order valence-corrected chi connectivity index (χ1v) is 11.2. The Balaban J connectivity index is 1.91. The fourth-order valence-electron chi connectivity index (χ4n) is 3.45. The number of rotatable bonds is 13. The van der Waals surface area contributed by atoms with Gasteiger partial charge in [0.25, 0.3) is 0 Å². The molecule has 0 saturated heterocycles. The smallest absolute Gasteiger partial charge is 0.225 e. The minimum absolute atomic E-state index is 0.00827. The number of ether oxygens (including phenoxy) is 3. The molecule has 0 aliphatic heterocycles. The molecule has 9 heteroatoms. The van der Waals surface area contributed by atoms with Crippen LogP contribution in [-0.2, 0) is 6.54 Å². The highest BCUT2D eigenvalue weighted by Crippen LogP contribution is 2.27. The average molecular weight is 456 g/mol. The van der Waals surface area contributed by atoms with Gasteiger partial charge in [0.05, 0.1) is 39.7 Å². The van der Waals surface area contributed by atoms with E-state index >= 15 is 0 Å². The summed E-state index contributed by atoms with van der Waals surface area (Å²) in [6, 6.07) is 7.38. The summed E-state index contributed by atoms with van der Waals surface area (Å²) < 4.78 is 16.4. The van der Waals surface area contributed by atoms with E-state index in [0.29, 0.717) is 47.5 Å². The minimum atomic E-state index is -0.119. The summed E-state index contributed by atoms with van der Waals surface area (Å²) in [6.07, 6.45) is 4.55. The van der Waals surface area contributed by atoms with Crippen LogP contribution >= 0.6 is 0 Å². The summed E-state index contributed by atoms with van der Waals surface area (Å²) in [5, 5.41) is 16.5. The van der Waals surface area contributed by atoms with E-state index in [0.717, 1.165) is 30.6 Å². The van der Waals surface area contributed by atoms with E-state index in [-0.39, 0.29) is 12.6 Å². The van der Waals surface area contributed by atoms with E-state index in [4.69, 9.17) is 14.2 Å². The Morgan fingerprint density at radius 3 is 2.61 bits per heavy atom. The number of anilines is 2. The number of fused-ring (bicyclic) bond motifs is 1. The molecule has 2 aromatic heterocycles. The summed E-state index contributed by atoms with van der Waals surface area (Å²) in [4.78, 5) is 13.8. The summed E-state index contributed by atoms with van der Waals surface area (Å²) in [5.41, 5.74) is 2.21. The molecule has 1 aromatic carbocycles. The van der Waals surface area contributed by atoms with Crippen LogP contribution in [0.1, 0.15) is 38.7 Å². The van der Waals surface area contributed by atoms with E-state index in [1.54, 1.807) is 20.4 Å². The number of nitrogens with one attached hydrogen (secondary N) is 2. The number of hydrogen-bond acceptors (Lipinski definition) is 9. The lowest BCUT2D eigenvalue weighted by Crippen LogP contribution is -2.25. The summed E-state index contributed by atoms with van der Waals surface area (Å²) in [6.45, 7) is 5.05. The number of benzene rings is 1. The molecular weight excluding hydrogens is 422 g/mol. The van der Waals surface area contributed by atoms with Gasteiger partial charge in [-0.3, -0.25) is 0 Å². The highest BCUT2D eigenvalue weighted by atomic mass is 16.5. The molecule has 0 bridgehead atoms. The molecule has 2 heterocycles. The zero-order chi connectivity index (χ0) is 23.6. The molecule has 3 aromatic rings. The van der Waals surface area contributed by atoms with Crippen LogP contribution in [0.4, 0.5) is 11.8 Å². The van der Waals surface area contributed by atoms with Crippen molar-refractivity contribution in [1.29, 1.82) is 0 Å². The second-order valence-corrected chi connectivity index (χ2v) is 7.56. The molecule has 0 spiro atoms. The molecule has 3 N–H and O–H groups in total. The van der Waals surface area contributed by atoms with Crippen molar-refractivity contribution in [1.82, 2.24) is 15.0 Å². The Bertz CT molecular complexity index is 1050. The Hall–Kier alpha value is -3.33. The van der Waals surface area contributed by atoms with Gasteiger partial charge in [-0.15, -0.1) is 0 Å². The van der Waals surface area contributed by atoms with E-state index in [1.165, 1.54) is 0 Å². The van der Waals surface area contributed by atoms with E-state index < -0.39 is 0 Å². The van der Waals surface area contributed by atoms with E-state index in [1.807, 2.05) is 31.2 Å². The molecule has 0 fully saturated rings. The van der Waals surface area contributed by atoms with Crippen LogP contribution in [0.25, 0.3) is 11.0 Å². The molecule has 1 atom stereocenters. The number of nitrogens with zero attached hydrogens (tertiary/aromatic N) is 3. The Labute approximate surface area is 194 Å². The van der Waals surface area contributed by atoms with Gasteiger partial charge in [0.15, 0.2) is 5.82 Å². The zero-order valence-corrected chi connectivity index (χ0v) is 19.7. The van der Waals surface area contributed by atoms with Crippen LogP contribution in [-0.4, -0.2) is 53.5 Å². The Morgan fingerprint density at radius 2 is 1.91 bits per heavy atom. The number of pyridine rings is 1. The van der Waals surface area contributed by atoms with Crippen LogP contribution in [0.15, 0.2) is 30.5 Å². The third-order valence-electron chi connectivity index (χ3n) is 5.22. The molecule has 3 rings (SSSR count). The van der Waals surface area contributed by atoms with E-state index in [9.17, 15) is 5.11 Å². The quantitative estimate of drug-likeness (QED) is 0.352. The minimum Gasteiger partial charge on any atom is -0.497 e. The summed E-state index contributed by atoms with van der Waals surface area (Å²) in [5.74, 6) is 3.08. The normalized spacial score (nSPS) is 11.8. The standard InChI is InChI=1S/C24H33N5O4/c1-5-7-8-17(15-30)27-23-22-20(11-19(14-25-22)33-6-2)28-24(29-23)26-13-16-9-10-18(31-3)12-21(16)32-4/h9-12,14,17,30H,5-8,13,15H2,1-4H3,(H2,26,27,28,29). The van der Waals surface area contributed by atoms with Crippen molar-refractivity contribution >= 4 is 22.8 Å². The van der Waals surface area contributed by atoms with Gasteiger partial charge in [-0.05, 0) is 25.5 Å². The Kier molecular flexibility index (Phi) is 8.88. The molecule has 33 heavy (non-hydrogen) atoms. The van der Waals surface area contributed by atoms with Gasteiger partial charge in [0, 0.05) is 24.2 Å². The maximum atomic E-state index is 9.84. The molecule has 0 radical (unpaired) electrons. The van der Waals surface area contributed by atoms with Crippen LogP contribution in [0, 0.1) is 0 Å². The van der Waals surface area contributed by atoms with Crippen molar-refractivity contribution in [3.05, 3.63) is 36.0 Å². The predicted molar refractivity (Wildman–Crippen MR) is 129 cm³/mol. The number of aliphatic hydroxyl groups excluding tert-OH is 1. The van der Waals surface area contributed by atoms with Crippen molar-refractivity contribution in [3.63, 3.8) is 0 Å². The number of aromatic nitrogens is 3. The maximum absolute atomic E-state index is 9.84. The van der Waals surface area contributed by atoms with E-state index in [2.05, 4.69) is 32.5 Å². The maximum Gasteiger partial charge on any atom is 0.225 e. The number of unbranched alkanes of at least 4 members (excludes halogenated alkanes) is 1. The van der Waals surface area contributed by atoms with Gasteiger partial charge in [-0.2, -0.15) is 4.98 Å². The number of methoxy groups -OCH3 is 2. The molecule has 0 aliphatic rings. The average Bonchev–Trinajstić information content (AvgIpc) is 2.85. The first-order valence-electron chi connectivity index (χ1n) is 11.2. The van der Waals surface area contributed by atoms with Crippen LogP contribution in [0.3, 0.4) is 0 Å². The van der Waals surface area contributed by atoms with Gasteiger partial charge in [-0.25, -0.2) is 9.97 Å². The van der Waals surface area contributed by atoms with Crippen LogP contribution in [0.2, 0.25) is 0 Å². The highest BCUT2D eigenvalue weighted by molar-refractivity contribution is 5.87. The molecule has 0 aliphatic carbocycles. The Morgan fingerprint density at radius 1 is 1.06 bits per heavy atom. The predicted octanol–water partition coefficient (Wildman–Crippen LogP) is 4.02. The molecule has 9 nitrogen and oxygen atoms in total. The first kappa shape index (κ1) is 24.3. The molecule has 0 saturated carbocycles. The molecule has 0 amide bonds. The fourth-order valence-corrected chi connectivity index (χ4v) is 3.45. The first-order chi connectivity index (χ1) is 16.1. The SMILES string of the molecule is CCCCC(CO)Nc1nc(NCc2ccc(OC)cc2OC)nc2cc(OCC)cnc12. The number of aliphatic hydroxyl groups is 1. The lowest BCUT2D eigenvalue weighted by atomic mass is 10.1. The van der Waals surface area contributed by atoms with Gasteiger partial charge < -0.3 is 30.0 Å².